The standard InChI is InChI=1S/C21H20O7.C8H16O3/c1-24-16-5-11(6-17(25-2)20(16)22)18-13-7-15-14(27-9-28-15)4-10(13)3-12-8-26-21(23)19(12)18;1-7(9-2)11-8-4-3-5-10-6-8/h4-7,12,18-19,22H,3,8-9H2,1-2H3;7-8H,3-6H2,1-2H3. The highest BCUT2D eigenvalue weighted by Crippen LogP contribution is 2.52. The second kappa shape index (κ2) is 11.9. The molecule has 5 atom stereocenters. The highest BCUT2D eigenvalue weighted by atomic mass is 16.7. The first-order valence-corrected chi connectivity index (χ1v) is 13.2. The molecule has 39 heavy (non-hydrogen) atoms. The number of hydrogen-bond donors (Lipinski definition) is 1. The molecular formula is C29H36O10. The van der Waals surface area contributed by atoms with E-state index in [1.165, 1.54) is 14.2 Å². The summed E-state index contributed by atoms with van der Waals surface area (Å²) in [6, 6.07) is 7.46. The third kappa shape index (κ3) is 5.59. The first-order valence-electron chi connectivity index (χ1n) is 13.2. The van der Waals surface area contributed by atoms with Crippen molar-refractivity contribution in [2.45, 2.75) is 44.5 Å². The smallest absolute Gasteiger partial charge is 0.310 e. The van der Waals surface area contributed by atoms with Gasteiger partial charge in [-0.2, -0.15) is 0 Å². The van der Waals surface area contributed by atoms with Gasteiger partial charge in [0.05, 0.1) is 39.5 Å². The van der Waals surface area contributed by atoms with Crippen molar-refractivity contribution in [2.75, 3.05) is 47.9 Å². The second-order valence-corrected chi connectivity index (χ2v) is 10.1. The average molecular weight is 545 g/mol. The number of methoxy groups -OCH3 is 3. The molecule has 0 spiro atoms. The van der Waals surface area contributed by atoms with Crippen LogP contribution >= 0.6 is 0 Å². The summed E-state index contributed by atoms with van der Waals surface area (Å²) >= 11 is 0. The molecule has 4 aliphatic rings. The number of ether oxygens (including phenoxy) is 8. The molecule has 0 saturated carbocycles. The largest absolute Gasteiger partial charge is 0.502 e. The molecule has 0 aromatic heterocycles. The fourth-order valence-electron chi connectivity index (χ4n) is 5.74. The second-order valence-electron chi connectivity index (χ2n) is 10.1. The minimum absolute atomic E-state index is 0.0685. The molecular weight excluding hydrogens is 508 g/mol. The van der Waals surface area contributed by atoms with E-state index < -0.39 is 0 Å². The molecule has 10 nitrogen and oxygen atoms in total. The van der Waals surface area contributed by atoms with Crippen molar-refractivity contribution in [3.8, 4) is 28.7 Å². The van der Waals surface area contributed by atoms with Gasteiger partial charge in [-0.25, -0.2) is 0 Å². The van der Waals surface area contributed by atoms with Crippen LogP contribution in [0, 0.1) is 11.8 Å². The van der Waals surface area contributed by atoms with Gasteiger partial charge < -0.3 is 43.0 Å². The summed E-state index contributed by atoms with van der Waals surface area (Å²) < 4.78 is 42.9. The quantitative estimate of drug-likeness (QED) is 0.426. The third-order valence-corrected chi connectivity index (χ3v) is 7.73. The summed E-state index contributed by atoms with van der Waals surface area (Å²) in [4.78, 5) is 12.6. The van der Waals surface area contributed by atoms with Crippen LogP contribution in [0.25, 0.3) is 0 Å². The number of fused-ring (bicyclic) bond motifs is 3. The van der Waals surface area contributed by atoms with Crippen LogP contribution in [0.1, 0.15) is 42.4 Å². The van der Waals surface area contributed by atoms with Crippen LogP contribution in [0.15, 0.2) is 24.3 Å². The summed E-state index contributed by atoms with van der Waals surface area (Å²) in [5.41, 5.74) is 2.93. The average Bonchev–Trinajstić information content (AvgIpc) is 3.57. The van der Waals surface area contributed by atoms with Gasteiger partial charge in [0, 0.05) is 25.6 Å². The SMILES string of the molecule is COC(C)OC1CCCOC1.COc1cc(C2c3cc4c(cc3CC3COC(=O)C32)OCO4)cc(OC)c1O. The fourth-order valence-corrected chi connectivity index (χ4v) is 5.74. The Morgan fingerprint density at radius 3 is 2.33 bits per heavy atom. The Labute approximate surface area is 228 Å². The van der Waals surface area contributed by atoms with Crippen molar-refractivity contribution in [2.24, 2.45) is 11.8 Å². The maximum atomic E-state index is 12.6. The molecule has 0 amide bonds. The van der Waals surface area contributed by atoms with Gasteiger partial charge in [0.15, 0.2) is 29.3 Å². The first kappa shape index (κ1) is 27.4. The molecule has 3 aliphatic heterocycles. The lowest BCUT2D eigenvalue weighted by atomic mass is 9.67. The number of phenols is 1. The molecule has 6 rings (SSSR count). The Kier molecular flexibility index (Phi) is 8.34. The molecule has 1 N–H and O–H groups in total. The van der Waals surface area contributed by atoms with Crippen molar-refractivity contribution in [1.82, 2.24) is 0 Å². The number of esters is 1. The molecule has 2 saturated heterocycles. The number of rotatable bonds is 6. The summed E-state index contributed by atoms with van der Waals surface area (Å²) in [5.74, 6) is 1.22. The summed E-state index contributed by atoms with van der Waals surface area (Å²) in [5, 5.41) is 10.3. The Hall–Kier alpha value is -3.21. The van der Waals surface area contributed by atoms with Crippen molar-refractivity contribution in [1.29, 1.82) is 0 Å². The molecule has 0 bridgehead atoms. The van der Waals surface area contributed by atoms with Gasteiger partial charge in [-0.1, -0.05) is 0 Å². The molecule has 1 aliphatic carbocycles. The van der Waals surface area contributed by atoms with Crippen LogP contribution in [0.4, 0.5) is 0 Å². The van der Waals surface area contributed by atoms with Crippen molar-refractivity contribution in [3.05, 3.63) is 41.0 Å². The molecule has 2 aromatic carbocycles. The van der Waals surface area contributed by atoms with Crippen molar-refractivity contribution in [3.63, 3.8) is 0 Å². The Morgan fingerprint density at radius 2 is 1.69 bits per heavy atom. The van der Waals surface area contributed by atoms with Gasteiger partial charge in [-0.05, 0) is 67.1 Å². The summed E-state index contributed by atoms with van der Waals surface area (Å²) in [7, 11) is 4.61. The zero-order valence-corrected chi connectivity index (χ0v) is 22.8. The van der Waals surface area contributed by atoms with Gasteiger partial charge in [0.25, 0.3) is 0 Å². The summed E-state index contributed by atoms with van der Waals surface area (Å²) in [6.45, 7) is 4.09. The Bertz CT molecular complexity index is 1150. The number of benzene rings is 2. The van der Waals surface area contributed by atoms with Gasteiger partial charge in [0.1, 0.15) is 0 Å². The minimum atomic E-state index is -0.313. The van der Waals surface area contributed by atoms with E-state index in [0.717, 1.165) is 48.3 Å². The van der Waals surface area contributed by atoms with Crippen LogP contribution in [-0.4, -0.2) is 71.4 Å². The van der Waals surface area contributed by atoms with Gasteiger partial charge in [-0.15, -0.1) is 0 Å². The number of carbonyl (C=O) groups excluding carboxylic acids is 1. The van der Waals surface area contributed by atoms with Crippen molar-refractivity contribution < 1.29 is 47.8 Å². The number of carbonyl (C=O) groups is 1. The Balaban J connectivity index is 0.000000237. The molecule has 5 unspecified atom stereocenters. The van der Waals surface area contributed by atoms with E-state index in [-0.39, 0.29) is 48.7 Å². The zero-order valence-electron chi connectivity index (χ0n) is 22.8. The highest BCUT2D eigenvalue weighted by Gasteiger charge is 2.48. The molecule has 0 radical (unpaired) electrons. The van der Waals surface area contributed by atoms with Crippen LogP contribution in [0.2, 0.25) is 0 Å². The zero-order chi connectivity index (χ0) is 27.5. The monoisotopic (exact) mass is 544 g/mol. The minimum Gasteiger partial charge on any atom is -0.502 e. The van der Waals surface area contributed by atoms with E-state index in [0.29, 0.717) is 30.5 Å². The van der Waals surface area contributed by atoms with Gasteiger partial charge in [-0.3, -0.25) is 4.79 Å². The first-order chi connectivity index (χ1) is 18.9. The van der Waals surface area contributed by atoms with E-state index in [2.05, 4.69) is 0 Å². The third-order valence-electron chi connectivity index (χ3n) is 7.73. The van der Waals surface area contributed by atoms with E-state index >= 15 is 0 Å². The molecule has 3 heterocycles. The summed E-state index contributed by atoms with van der Waals surface area (Å²) in [6.07, 6.45) is 3.06. The van der Waals surface area contributed by atoms with E-state index in [1.807, 2.05) is 19.1 Å². The van der Waals surface area contributed by atoms with Crippen LogP contribution < -0.4 is 18.9 Å². The maximum Gasteiger partial charge on any atom is 0.310 e. The maximum absolute atomic E-state index is 12.6. The van der Waals surface area contributed by atoms with Gasteiger partial charge >= 0.3 is 5.97 Å². The molecule has 10 heteroatoms. The fraction of sp³-hybridized carbons (Fsp3) is 0.552. The number of aromatic hydroxyl groups is 1. The van der Waals surface area contributed by atoms with E-state index in [4.69, 9.17) is 37.9 Å². The van der Waals surface area contributed by atoms with Crippen LogP contribution in [0.5, 0.6) is 28.7 Å². The van der Waals surface area contributed by atoms with Crippen LogP contribution in [0.3, 0.4) is 0 Å². The lowest BCUT2D eigenvalue weighted by Gasteiger charge is -2.33. The molecule has 2 fully saturated rings. The number of hydrogen-bond acceptors (Lipinski definition) is 10. The topological polar surface area (TPSA) is 111 Å². The normalized spacial score (nSPS) is 25.5. The van der Waals surface area contributed by atoms with Crippen molar-refractivity contribution >= 4 is 5.97 Å². The lowest BCUT2D eigenvalue weighted by Crippen LogP contribution is -2.31. The van der Waals surface area contributed by atoms with E-state index in [1.54, 1.807) is 19.2 Å². The van der Waals surface area contributed by atoms with E-state index in [9.17, 15) is 9.90 Å². The van der Waals surface area contributed by atoms with Gasteiger partial charge in [0.2, 0.25) is 12.5 Å². The lowest BCUT2D eigenvalue weighted by molar-refractivity contribution is -0.170. The van der Waals surface area contributed by atoms with Crippen LogP contribution in [-0.2, 0) is 30.2 Å². The predicted molar refractivity (Wildman–Crippen MR) is 139 cm³/mol. The number of phenolic OH excluding ortho intramolecular Hbond substituents is 1. The predicted octanol–water partition coefficient (Wildman–Crippen LogP) is 3.79. The highest BCUT2D eigenvalue weighted by molar-refractivity contribution is 5.78. The molecule has 212 valence electrons. The number of cyclic esters (lactones) is 1. The molecule has 2 aromatic rings. The Morgan fingerprint density at radius 1 is 0.974 bits per heavy atom.